The molecule has 2 aliphatic rings. The Balaban J connectivity index is 1.66. The van der Waals surface area contributed by atoms with Crippen LogP contribution in [0, 0.1) is 0 Å². The molecule has 1 atom stereocenters. The number of amides is 3. The Morgan fingerprint density at radius 3 is 2.33 bits per heavy atom. The van der Waals surface area contributed by atoms with Gasteiger partial charge in [0.15, 0.2) is 0 Å². The number of piperidine rings is 1. The van der Waals surface area contributed by atoms with Gasteiger partial charge in [-0.2, -0.15) is 0 Å². The number of carbonyl (C=O) groups excluding carboxylic acids is 2. The third kappa shape index (κ3) is 3.34. The highest BCUT2D eigenvalue weighted by Gasteiger charge is 2.36. The summed E-state index contributed by atoms with van der Waals surface area (Å²) in [6.07, 6.45) is 2.13. The van der Waals surface area contributed by atoms with Gasteiger partial charge in [-0.3, -0.25) is 14.5 Å². The molecular weight excluding hydrogens is 310 g/mol. The van der Waals surface area contributed by atoms with Gasteiger partial charge in [-0.15, -0.1) is 0 Å². The van der Waals surface area contributed by atoms with Crippen LogP contribution in [0.4, 0.5) is 4.79 Å². The molecule has 3 amide bonds. The Morgan fingerprint density at radius 2 is 1.83 bits per heavy atom. The van der Waals surface area contributed by atoms with Crippen molar-refractivity contribution in [3.05, 3.63) is 35.4 Å². The number of β-lactam (4-membered cyclic amide) rings is 1. The second-order valence-corrected chi connectivity index (χ2v) is 6.22. The molecule has 2 heterocycles. The molecule has 3 rings (SSSR count). The van der Waals surface area contributed by atoms with Crippen LogP contribution in [0.25, 0.3) is 0 Å². The number of nitrogens with zero attached hydrogens (tertiary/aromatic N) is 2. The summed E-state index contributed by atoms with van der Waals surface area (Å²) in [6.45, 7) is 2.07. The largest absolute Gasteiger partial charge is 0.465 e. The number of likely N-dealkylation sites (tertiary alicyclic amines) is 1. The van der Waals surface area contributed by atoms with Gasteiger partial charge in [0, 0.05) is 31.7 Å². The lowest BCUT2D eigenvalue weighted by atomic mass is 10.1. The predicted octanol–water partition coefficient (Wildman–Crippen LogP) is 1.29. The third-order valence-corrected chi connectivity index (χ3v) is 4.59. The first-order valence-corrected chi connectivity index (χ1v) is 8.22. The minimum atomic E-state index is -1.12. The average molecular weight is 331 g/mol. The van der Waals surface area contributed by atoms with Gasteiger partial charge in [0.1, 0.15) is 6.04 Å². The van der Waals surface area contributed by atoms with Crippen LogP contribution in [0.2, 0.25) is 0 Å². The van der Waals surface area contributed by atoms with Gasteiger partial charge in [-0.05, 0) is 37.0 Å². The van der Waals surface area contributed by atoms with Crippen molar-refractivity contribution >= 4 is 17.9 Å². The van der Waals surface area contributed by atoms with E-state index >= 15 is 0 Å². The molecular formula is C17H21N3O4. The summed E-state index contributed by atoms with van der Waals surface area (Å²) in [5, 5.41) is 11.8. The maximum Gasteiger partial charge on any atom is 0.408 e. The van der Waals surface area contributed by atoms with Gasteiger partial charge in [0.25, 0.3) is 5.91 Å². The fourth-order valence-electron chi connectivity index (χ4n) is 3.07. The molecule has 24 heavy (non-hydrogen) atoms. The Morgan fingerprint density at radius 1 is 1.17 bits per heavy atom. The molecule has 2 fully saturated rings. The second kappa shape index (κ2) is 6.90. The number of carboxylic acid groups (broad SMARTS) is 1. The number of nitrogens with one attached hydrogen (secondary N) is 1. The summed E-state index contributed by atoms with van der Waals surface area (Å²) in [4.78, 5) is 38.2. The molecule has 2 aliphatic heterocycles. The van der Waals surface area contributed by atoms with Gasteiger partial charge in [0.2, 0.25) is 5.91 Å². The normalized spacial score (nSPS) is 20.1. The zero-order valence-corrected chi connectivity index (χ0v) is 13.4. The molecule has 7 nitrogen and oxygen atoms in total. The molecule has 7 heteroatoms. The number of carbonyl (C=O) groups is 3. The van der Waals surface area contributed by atoms with Crippen LogP contribution in [-0.4, -0.2) is 58.5 Å². The van der Waals surface area contributed by atoms with Crippen LogP contribution in [0.5, 0.6) is 0 Å². The van der Waals surface area contributed by atoms with E-state index in [9.17, 15) is 19.5 Å². The van der Waals surface area contributed by atoms with Gasteiger partial charge < -0.3 is 15.3 Å². The third-order valence-electron chi connectivity index (χ3n) is 4.59. The smallest absolute Gasteiger partial charge is 0.408 e. The van der Waals surface area contributed by atoms with Gasteiger partial charge in [-0.25, -0.2) is 4.79 Å². The summed E-state index contributed by atoms with van der Waals surface area (Å²) in [7, 11) is 0. The van der Waals surface area contributed by atoms with Gasteiger partial charge >= 0.3 is 6.09 Å². The fraction of sp³-hybridized carbons (Fsp3) is 0.471. The standard InChI is InChI=1S/C17H21N3O4/c21-15-14(10-18-15)20(17(23)24)11-12-4-6-13(7-5-12)16(22)19-8-2-1-3-9-19/h4-7,14H,1-3,8-11H2,(H,18,21)(H,23,24)/t14-/m0/s1. The zero-order chi connectivity index (χ0) is 17.1. The van der Waals surface area contributed by atoms with Crippen LogP contribution in [0.3, 0.4) is 0 Å². The number of hydrogen-bond acceptors (Lipinski definition) is 3. The highest BCUT2D eigenvalue weighted by Crippen LogP contribution is 2.16. The van der Waals surface area contributed by atoms with Crippen molar-refractivity contribution in [2.45, 2.75) is 31.8 Å². The van der Waals surface area contributed by atoms with E-state index in [1.54, 1.807) is 24.3 Å². The van der Waals surface area contributed by atoms with Crippen LogP contribution < -0.4 is 5.32 Å². The molecule has 0 radical (unpaired) electrons. The monoisotopic (exact) mass is 331 g/mol. The van der Waals surface area contributed by atoms with Crippen molar-refractivity contribution in [3.63, 3.8) is 0 Å². The van der Waals surface area contributed by atoms with E-state index in [0.717, 1.165) is 36.4 Å². The molecule has 1 aromatic rings. The summed E-state index contributed by atoms with van der Waals surface area (Å²) in [6, 6.07) is 6.34. The SMILES string of the molecule is O=C1NC[C@@H]1N(Cc1ccc(C(=O)N2CCCCC2)cc1)C(=O)O. The van der Waals surface area contributed by atoms with Crippen molar-refractivity contribution in [3.8, 4) is 0 Å². The molecule has 0 saturated carbocycles. The Hall–Kier alpha value is -2.57. The van der Waals surface area contributed by atoms with E-state index in [2.05, 4.69) is 5.32 Å². The Kier molecular flexibility index (Phi) is 4.69. The van der Waals surface area contributed by atoms with Crippen LogP contribution >= 0.6 is 0 Å². The summed E-state index contributed by atoms with van der Waals surface area (Å²) in [5.74, 6) is -0.246. The average Bonchev–Trinajstić information content (AvgIpc) is 2.60. The Bertz CT molecular complexity index is 638. The van der Waals surface area contributed by atoms with Crippen molar-refractivity contribution in [1.82, 2.24) is 15.1 Å². The molecule has 128 valence electrons. The van der Waals surface area contributed by atoms with Gasteiger partial charge in [-0.1, -0.05) is 12.1 Å². The highest BCUT2D eigenvalue weighted by atomic mass is 16.4. The molecule has 2 saturated heterocycles. The molecule has 0 spiro atoms. The van der Waals surface area contributed by atoms with Crippen LogP contribution in [0.1, 0.15) is 35.2 Å². The molecule has 2 N–H and O–H groups in total. The topological polar surface area (TPSA) is 90.0 Å². The van der Waals surface area contributed by atoms with Crippen molar-refractivity contribution in [2.24, 2.45) is 0 Å². The van der Waals surface area contributed by atoms with Crippen molar-refractivity contribution in [2.75, 3.05) is 19.6 Å². The molecule has 0 aliphatic carbocycles. The highest BCUT2D eigenvalue weighted by molar-refractivity contribution is 5.94. The van der Waals surface area contributed by atoms with Crippen molar-refractivity contribution in [1.29, 1.82) is 0 Å². The van der Waals surface area contributed by atoms with E-state index in [1.165, 1.54) is 6.42 Å². The summed E-state index contributed by atoms with van der Waals surface area (Å²) >= 11 is 0. The maximum absolute atomic E-state index is 12.4. The first kappa shape index (κ1) is 16.3. The molecule has 1 aromatic carbocycles. The molecule has 0 aromatic heterocycles. The maximum atomic E-state index is 12.4. The minimum Gasteiger partial charge on any atom is -0.465 e. The molecule has 0 unspecified atom stereocenters. The lowest BCUT2D eigenvalue weighted by Crippen LogP contribution is -2.62. The number of hydrogen-bond donors (Lipinski definition) is 2. The first-order valence-electron chi connectivity index (χ1n) is 8.22. The Labute approximate surface area is 140 Å². The van der Waals surface area contributed by atoms with E-state index in [1.807, 2.05) is 4.90 Å². The number of rotatable bonds is 4. The summed E-state index contributed by atoms with van der Waals surface area (Å²) in [5.41, 5.74) is 1.37. The summed E-state index contributed by atoms with van der Waals surface area (Å²) < 4.78 is 0. The van der Waals surface area contributed by atoms with Crippen molar-refractivity contribution < 1.29 is 19.5 Å². The lowest BCUT2D eigenvalue weighted by molar-refractivity contribution is -0.132. The minimum absolute atomic E-state index is 0.0229. The van der Waals surface area contributed by atoms with Crippen LogP contribution in [-0.2, 0) is 11.3 Å². The number of benzene rings is 1. The first-order chi connectivity index (χ1) is 11.6. The quantitative estimate of drug-likeness (QED) is 0.814. The molecule has 0 bridgehead atoms. The van der Waals surface area contributed by atoms with Gasteiger partial charge in [0.05, 0.1) is 0 Å². The second-order valence-electron chi connectivity index (χ2n) is 6.22. The fourth-order valence-corrected chi connectivity index (χ4v) is 3.07. The lowest BCUT2D eigenvalue weighted by Gasteiger charge is -2.34. The zero-order valence-electron chi connectivity index (χ0n) is 13.4. The predicted molar refractivity (Wildman–Crippen MR) is 86.6 cm³/mol. The van der Waals surface area contributed by atoms with E-state index < -0.39 is 12.1 Å². The van der Waals surface area contributed by atoms with E-state index in [4.69, 9.17) is 0 Å². The van der Waals surface area contributed by atoms with E-state index in [-0.39, 0.29) is 18.4 Å². The van der Waals surface area contributed by atoms with E-state index in [0.29, 0.717) is 12.1 Å². The van der Waals surface area contributed by atoms with Crippen LogP contribution in [0.15, 0.2) is 24.3 Å².